The van der Waals surface area contributed by atoms with E-state index in [0.717, 1.165) is 13.0 Å². The van der Waals surface area contributed by atoms with Crippen molar-refractivity contribution in [2.45, 2.75) is 20.3 Å². The van der Waals surface area contributed by atoms with Gasteiger partial charge in [0.2, 0.25) is 5.91 Å². The summed E-state index contributed by atoms with van der Waals surface area (Å²) in [6.45, 7) is 5.81. The van der Waals surface area contributed by atoms with Crippen molar-refractivity contribution in [3.05, 3.63) is 0 Å². The second kappa shape index (κ2) is 4.53. The third-order valence-electron chi connectivity index (χ3n) is 4.36. The zero-order chi connectivity index (χ0) is 13.5. The number of carboxylic acid groups (broad SMARTS) is 1. The monoisotopic (exact) mass is 255 g/mol. The van der Waals surface area contributed by atoms with Gasteiger partial charge in [-0.15, -0.1) is 0 Å². The van der Waals surface area contributed by atoms with Crippen LogP contribution in [-0.4, -0.2) is 48.7 Å². The fourth-order valence-electron chi connectivity index (χ4n) is 3.16. The summed E-state index contributed by atoms with van der Waals surface area (Å²) >= 11 is 0. The van der Waals surface area contributed by atoms with E-state index >= 15 is 0 Å². The molecule has 1 aliphatic heterocycles. The third kappa shape index (κ3) is 2.11. The lowest BCUT2D eigenvalue weighted by Gasteiger charge is -2.17. The van der Waals surface area contributed by atoms with Gasteiger partial charge in [-0.3, -0.25) is 9.59 Å². The molecule has 1 N–H and O–H groups in total. The normalized spacial score (nSPS) is 33.5. The number of nitrogens with zero attached hydrogens (tertiary/aromatic N) is 1. The minimum absolute atomic E-state index is 0.00556. The molecule has 1 heterocycles. The van der Waals surface area contributed by atoms with Crippen molar-refractivity contribution in [1.29, 1.82) is 0 Å². The van der Waals surface area contributed by atoms with E-state index in [9.17, 15) is 9.59 Å². The fraction of sp³-hybridized carbons (Fsp3) is 0.846. The Labute approximate surface area is 107 Å². The van der Waals surface area contributed by atoms with Gasteiger partial charge in [0.05, 0.1) is 18.4 Å². The van der Waals surface area contributed by atoms with E-state index in [1.807, 2.05) is 13.8 Å². The predicted octanol–water partition coefficient (Wildman–Crippen LogP) is 0.838. The number of hydrogen-bond acceptors (Lipinski definition) is 3. The molecule has 2 rings (SSSR count). The molecule has 1 amide bonds. The molecular formula is C13H21NO4. The Morgan fingerprint density at radius 2 is 2.06 bits per heavy atom. The molecular weight excluding hydrogens is 234 g/mol. The van der Waals surface area contributed by atoms with E-state index in [0.29, 0.717) is 19.1 Å². The predicted molar refractivity (Wildman–Crippen MR) is 65.0 cm³/mol. The largest absolute Gasteiger partial charge is 0.481 e. The van der Waals surface area contributed by atoms with Crippen LogP contribution in [0, 0.1) is 23.2 Å². The minimum atomic E-state index is -0.856. The van der Waals surface area contributed by atoms with Crippen LogP contribution in [0.1, 0.15) is 20.3 Å². The lowest BCUT2D eigenvalue weighted by atomic mass is 10.1. The summed E-state index contributed by atoms with van der Waals surface area (Å²) < 4.78 is 5.10. The fourth-order valence-corrected chi connectivity index (χ4v) is 3.16. The Morgan fingerprint density at radius 3 is 2.56 bits per heavy atom. The molecule has 18 heavy (non-hydrogen) atoms. The Hall–Kier alpha value is -1.10. The van der Waals surface area contributed by atoms with Crippen LogP contribution in [0.4, 0.5) is 0 Å². The number of likely N-dealkylation sites (tertiary alicyclic amines) is 1. The van der Waals surface area contributed by atoms with Crippen molar-refractivity contribution in [2.24, 2.45) is 23.2 Å². The molecule has 1 saturated carbocycles. The van der Waals surface area contributed by atoms with Gasteiger partial charge in [0.1, 0.15) is 0 Å². The van der Waals surface area contributed by atoms with E-state index < -0.39 is 17.3 Å². The molecule has 0 aromatic heterocycles. The number of aliphatic carboxylic acids is 1. The molecule has 0 bridgehead atoms. The molecule has 2 aliphatic rings. The lowest BCUT2D eigenvalue weighted by molar-refractivity contribution is -0.141. The first-order chi connectivity index (χ1) is 8.39. The first-order valence-electron chi connectivity index (χ1n) is 6.40. The van der Waals surface area contributed by atoms with E-state index in [-0.39, 0.29) is 11.8 Å². The second-order valence-corrected chi connectivity index (χ2v) is 6.01. The summed E-state index contributed by atoms with van der Waals surface area (Å²) in [5, 5.41) is 9.10. The van der Waals surface area contributed by atoms with Crippen molar-refractivity contribution in [3.63, 3.8) is 0 Å². The molecule has 1 unspecified atom stereocenters. The number of amides is 1. The van der Waals surface area contributed by atoms with Crippen molar-refractivity contribution >= 4 is 11.9 Å². The molecule has 0 radical (unpaired) electrons. The van der Waals surface area contributed by atoms with Gasteiger partial charge in [0.25, 0.3) is 0 Å². The van der Waals surface area contributed by atoms with Crippen LogP contribution in [0.2, 0.25) is 0 Å². The van der Waals surface area contributed by atoms with E-state index in [1.165, 1.54) is 0 Å². The molecule has 0 spiro atoms. The quantitative estimate of drug-likeness (QED) is 0.808. The zero-order valence-corrected chi connectivity index (χ0v) is 11.2. The van der Waals surface area contributed by atoms with Crippen molar-refractivity contribution in [1.82, 2.24) is 4.90 Å². The maximum absolute atomic E-state index is 12.3. The average molecular weight is 255 g/mol. The minimum Gasteiger partial charge on any atom is -0.481 e. The Kier molecular flexibility index (Phi) is 3.36. The maximum Gasteiger partial charge on any atom is 0.307 e. The highest BCUT2D eigenvalue weighted by Crippen LogP contribution is 2.59. The number of hydrogen-bond donors (Lipinski definition) is 1. The molecule has 1 aliphatic carbocycles. The highest BCUT2D eigenvalue weighted by molar-refractivity contribution is 5.91. The van der Waals surface area contributed by atoms with Gasteiger partial charge in [-0.25, -0.2) is 0 Å². The second-order valence-electron chi connectivity index (χ2n) is 6.01. The summed E-state index contributed by atoms with van der Waals surface area (Å²) in [7, 11) is 1.66. The number of rotatable bonds is 4. The first kappa shape index (κ1) is 13.3. The van der Waals surface area contributed by atoms with Gasteiger partial charge in [-0.1, -0.05) is 13.8 Å². The van der Waals surface area contributed by atoms with E-state index in [2.05, 4.69) is 0 Å². The van der Waals surface area contributed by atoms with Gasteiger partial charge < -0.3 is 14.7 Å². The van der Waals surface area contributed by atoms with Crippen LogP contribution in [0.25, 0.3) is 0 Å². The lowest BCUT2D eigenvalue weighted by Crippen LogP contribution is -2.32. The van der Waals surface area contributed by atoms with Crippen LogP contribution >= 0.6 is 0 Å². The SMILES string of the molecule is COCC1CCN(C(=O)[C@H]2[C@@H](C(=O)O)C2(C)C)C1. The summed E-state index contributed by atoms with van der Waals surface area (Å²) in [4.78, 5) is 25.2. The molecule has 2 fully saturated rings. The number of carboxylic acids is 1. The van der Waals surface area contributed by atoms with Crippen LogP contribution in [0.15, 0.2) is 0 Å². The molecule has 102 valence electrons. The number of ether oxygens (including phenoxy) is 1. The number of methoxy groups -OCH3 is 1. The summed E-state index contributed by atoms with van der Waals surface area (Å²) in [5.74, 6) is -1.33. The standard InChI is InChI=1S/C13H21NO4/c1-13(2)9(10(13)12(16)17)11(15)14-5-4-8(6-14)7-18-3/h8-10H,4-7H2,1-3H3,(H,16,17)/t8?,9-,10+/m1/s1. The van der Waals surface area contributed by atoms with E-state index in [1.54, 1.807) is 12.0 Å². The highest BCUT2D eigenvalue weighted by atomic mass is 16.5. The van der Waals surface area contributed by atoms with Gasteiger partial charge in [0, 0.05) is 26.1 Å². The van der Waals surface area contributed by atoms with Crippen molar-refractivity contribution in [2.75, 3.05) is 26.8 Å². The molecule has 5 nitrogen and oxygen atoms in total. The highest BCUT2D eigenvalue weighted by Gasteiger charge is 2.66. The third-order valence-corrected chi connectivity index (χ3v) is 4.36. The maximum atomic E-state index is 12.3. The van der Waals surface area contributed by atoms with Crippen LogP contribution < -0.4 is 0 Å². The molecule has 1 saturated heterocycles. The van der Waals surface area contributed by atoms with Gasteiger partial charge in [-0.05, 0) is 11.8 Å². The zero-order valence-electron chi connectivity index (χ0n) is 11.2. The van der Waals surface area contributed by atoms with Gasteiger partial charge in [-0.2, -0.15) is 0 Å². The summed E-state index contributed by atoms with van der Waals surface area (Å²) in [6, 6.07) is 0. The van der Waals surface area contributed by atoms with Gasteiger partial charge in [0.15, 0.2) is 0 Å². The Bertz CT molecular complexity index is 366. The molecule has 5 heteroatoms. The van der Waals surface area contributed by atoms with E-state index in [4.69, 9.17) is 9.84 Å². The number of carbonyl (C=O) groups excluding carboxylic acids is 1. The molecule has 0 aromatic carbocycles. The van der Waals surface area contributed by atoms with Gasteiger partial charge >= 0.3 is 5.97 Å². The average Bonchev–Trinajstić information content (AvgIpc) is 2.66. The van der Waals surface area contributed by atoms with Crippen molar-refractivity contribution < 1.29 is 19.4 Å². The molecule has 0 aromatic rings. The Balaban J connectivity index is 1.96. The molecule has 3 atom stereocenters. The van der Waals surface area contributed by atoms with Crippen molar-refractivity contribution in [3.8, 4) is 0 Å². The Morgan fingerprint density at radius 1 is 1.39 bits per heavy atom. The van der Waals surface area contributed by atoms with Crippen LogP contribution in [0.5, 0.6) is 0 Å². The first-order valence-corrected chi connectivity index (χ1v) is 6.40. The summed E-state index contributed by atoms with van der Waals surface area (Å²) in [6.07, 6.45) is 0.949. The van der Waals surface area contributed by atoms with Crippen LogP contribution in [0.3, 0.4) is 0 Å². The topological polar surface area (TPSA) is 66.8 Å². The number of carbonyl (C=O) groups is 2. The summed E-state index contributed by atoms with van der Waals surface area (Å²) in [5.41, 5.74) is -0.401. The smallest absolute Gasteiger partial charge is 0.307 e. The van der Waals surface area contributed by atoms with Crippen LogP contribution in [-0.2, 0) is 14.3 Å².